The maximum Gasteiger partial charge on any atom is 0.253 e. The Morgan fingerprint density at radius 2 is 1.88 bits per heavy atom. The number of amides is 3. The Morgan fingerprint density at radius 3 is 2.60 bits per heavy atom. The summed E-state index contributed by atoms with van der Waals surface area (Å²) in [6.07, 6.45) is 2.14. The second kappa shape index (κ2) is 7.94. The van der Waals surface area contributed by atoms with Gasteiger partial charge in [-0.05, 0) is 36.4 Å². The molecule has 0 unspecified atom stereocenters. The van der Waals surface area contributed by atoms with E-state index in [2.05, 4.69) is 16.0 Å². The number of carbonyl (C=O) groups excluding carboxylic acids is 3. The Balaban J connectivity index is 1.50. The summed E-state index contributed by atoms with van der Waals surface area (Å²) < 4.78 is 0. The molecule has 1 aromatic heterocycles. The van der Waals surface area contributed by atoms with Crippen molar-refractivity contribution in [3.05, 3.63) is 52.2 Å². The van der Waals surface area contributed by atoms with Gasteiger partial charge in [0.25, 0.3) is 11.8 Å². The van der Waals surface area contributed by atoms with Crippen molar-refractivity contribution in [3.63, 3.8) is 0 Å². The monoisotopic (exact) mass is 357 g/mol. The van der Waals surface area contributed by atoms with E-state index in [1.165, 1.54) is 11.3 Å². The fourth-order valence-corrected chi connectivity index (χ4v) is 2.91. The van der Waals surface area contributed by atoms with Crippen LogP contribution in [0.4, 0.5) is 5.69 Å². The Morgan fingerprint density at radius 1 is 1.08 bits per heavy atom. The zero-order valence-corrected chi connectivity index (χ0v) is 14.4. The lowest BCUT2D eigenvalue weighted by Crippen LogP contribution is -2.29. The van der Waals surface area contributed by atoms with Crippen molar-refractivity contribution < 1.29 is 14.4 Å². The molecule has 0 spiro atoms. The summed E-state index contributed by atoms with van der Waals surface area (Å²) in [7, 11) is 0. The third-order valence-corrected chi connectivity index (χ3v) is 4.46. The molecule has 0 radical (unpaired) electrons. The molecule has 1 fully saturated rings. The molecule has 3 N–H and O–H groups in total. The molecule has 1 aromatic carbocycles. The summed E-state index contributed by atoms with van der Waals surface area (Å²) >= 11 is 1.44. The summed E-state index contributed by atoms with van der Waals surface area (Å²) in [5, 5.41) is 11.9. The molecule has 6 nitrogen and oxygen atoms in total. The summed E-state index contributed by atoms with van der Waals surface area (Å²) in [6, 6.07) is 8.90. The highest BCUT2D eigenvalue weighted by Crippen LogP contribution is 2.21. The zero-order valence-electron chi connectivity index (χ0n) is 13.6. The number of thiophene rings is 1. The smallest absolute Gasteiger partial charge is 0.253 e. The van der Waals surface area contributed by atoms with Crippen LogP contribution in [0.5, 0.6) is 0 Å². The van der Waals surface area contributed by atoms with Crippen LogP contribution in [-0.4, -0.2) is 30.3 Å². The highest BCUT2D eigenvalue weighted by molar-refractivity contribution is 7.08. The maximum absolute atomic E-state index is 12.2. The lowest BCUT2D eigenvalue weighted by molar-refractivity contribution is -0.116. The largest absolute Gasteiger partial charge is 0.351 e. The van der Waals surface area contributed by atoms with Gasteiger partial charge in [0.2, 0.25) is 5.91 Å². The van der Waals surface area contributed by atoms with E-state index in [0.717, 1.165) is 12.8 Å². The van der Waals surface area contributed by atoms with E-state index in [9.17, 15) is 14.4 Å². The van der Waals surface area contributed by atoms with Crippen molar-refractivity contribution in [2.24, 2.45) is 0 Å². The van der Waals surface area contributed by atoms with Gasteiger partial charge in [-0.25, -0.2) is 0 Å². The van der Waals surface area contributed by atoms with Crippen molar-refractivity contribution in [1.29, 1.82) is 0 Å². The van der Waals surface area contributed by atoms with E-state index in [4.69, 9.17) is 0 Å². The van der Waals surface area contributed by atoms with Crippen LogP contribution in [0.25, 0.3) is 0 Å². The molecule has 0 aliphatic heterocycles. The lowest BCUT2D eigenvalue weighted by Gasteiger charge is -2.11. The minimum absolute atomic E-state index is 0.133. The molecule has 3 rings (SSSR count). The average molecular weight is 357 g/mol. The second-order valence-corrected chi connectivity index (χ2v) is 6.64. The Kier molecular flexibility index (Phi) is 5.45. The number of rotatable bonds is 7. The summed E-state index contributed by atoms with van der Waals surface area (Å²) in [4.78, 5) is 36.1. The van der Waals surface area contributed by atoms with Gasteiger partial charge >= 0.3 is 0 Å². The van der Waals surface area contributed by atoms with Crippen molar-refractivity contribution >= 4 is 34.7 Å². The predicted molar refractivity (Wildman–Crippen MR) is 96.8 cm³/mol. The summed E-state index contributed by atoms with van der Waals surface area (Å²) in [5.41, 5.74) is 1.52. The van der Waals surface area contributed by atoms with E-state index in [1.54, 1.807) is 35.7 Å². The van der Waals surface area contributed by atoms with Gasteiger partial charge in [-0.15, -0.1) is 0 Å². The number of hydrogen-bond acceptors (Lipinski definition) is 4. The third kappa shape index (κ3) is 4.90. The molecule has 25 heavy (non-hydrogen) atoms. The standard InChI is InChI=1S/C18H19N3O3S/c22-16(7-9-19-17(23)12-8-10-25-11-12)21-15-4-2-1-3-14(15)18(24)20-13-5-6-13/h1-4,8,10-11,13H,5-7,9H2,(H,19,23)(H,20,24)(H,21,22). The van der Waals surface area contributed by atoms with Gasteiger partial charge < -0.3 is 16.0 Å². The zero-order chi connectivity index (χ0) is 17.6. The number of carbonyl (C=O) groups is 3. The minimum atomic E-state index is -0.253. The topological polar surface area (TPSA) is 87.3 Å². The number of benzene rings is 1. The van der Waals surface area contributed by atoms with Gasteiger partial charge in [0.05, 0.1) is 11.3 Å². The molecule has 1 heterocycles. The SMILES string of the molecule is O=C(CCNC(=O)c1ccsc1)Nc1ccccc1C(=O)NC1CC1. The molecule has 0 saturated heterocycles. The van der Waals surface area contributed by atoms with Crippen molar-refractivity contribution in [3.8, 4) is 0 Å². The number of nitrogens with one attached hydrogen (secondary N) is 3. The van der Waals surface area contributed by atoms with Gasteiger partial charge in [-0.1, -0.05) is 12.1 Å². The first-order valence-corrected chi connectivity index (χ1v) is 9.08. The quantitative estimate of drug-likeness (QED) is 0.711. The number of para-hydroxylation sites is 1. The molecule has 0 bridgehead atoms. The van der Waals surface area contributed by atoms with Crippen molar-refractivity contribution in [1.82, 2.24) is 10.6 Å². The van der Waals surface area contributed by atoms with Gasteiger partial charge in [0, 0.05) is 30.0 Å². The predicted octanol–water partition coefficient (Wildman–Crippen LogP) is 2.40. The molecule has 0 atom stereocenters. The third-order valence-electron chi connectivity index (χ3n) is 3.78. The fourth-order valence-electron chi connectivity index (χ4n) is 2.28. The molecule has 1 aliphatic carbocycles. The summed E-state index contributed by atoms with van der Waals surface area (Å²) in [5.74, 6) is -0.625. The second-order valence-electron chi connectivity index (χ2n) is 5.86. The van der Waals surface area contributed by atoms with Crippen LogP contribution in [-0.2, 0) is 4.79 Å². The Hall–Kier alpha value is -2.67. The van der Waals surface area contributed by atoms with Crippen LogP contribution < -0.4 is 16.0 Å². The average Bonchev–Trinajstić information content (AvgIpc) is 3.24. The van der Waals surface area contributed by atoms with Gasteiger partial charge in [-0.2, -0.15) is 11.3 Å². The first-order valence-electron chi connectivity index (χ1n) is 8.13. The Bertz CT molecular complexity index is 770. The van der Waals surface area contributed by atoms with Crippen LogP contribution in [0.1, 0.15) is 40.0 Å². The van der Waals surface area contributed by atoms with Crippen LogP contribution in [0, 0.1) is 0 Å². The Labute approximate surface area is 149 Å². The maximum atomic E-state index is 12.2. The van der Waals surface area contributed by atoms with Crippen LogP contribution in [0.15, 0.2) is 41.1 Å². The highest BCUT2D eigenvalue weighted by atomic mass is 32.1. The lowest BCUT2D eigenvalue weighted by atomic mass is 10.1. The van der Waals surface area contributed by atoms with Crippen LogP contribution >= 0.6 is 11.3 Å². The fraction of sp³-hybridized carbons (Fsp3) is 0.278. The van der Waals surface area contributed by atoms with E-state index in [-0.39, 0.29) is 36.7 Å². The van der Waals surface area contributed by atoms with E-state index < -0.39 is 0 Å². The molecular formula is C18H19N3O3S. The molecular weight excluding hydrogens is 338 g/mol. The normalized spacial score (nSPS) is 13.1. The van der Waals surface area contributed by atoms with E-state index in [1.807, 2.05) is 5.38 Å². The molecule has 1 aliphatic rings. The number of anilines is 1. The number of hydrogen-bond donors (Lipinski definition) is 3. The van der Waals surface area contributed by atoms with Crippen molar-refractivity contribution in [2.45, 2.75) is 25.3 Å². The van der Waals surface area contributed by atoms with E-state index >= 15 is 0 Å². The first-order chi connectivity index (χ1) is 12.1. The molecule has 7 heteroatoms. The van der Waals surface area contributed by atoms with E-state index in [0.29, 0.717) is 16.8 Å². The van der Waals surface area contributed by atoms with Gasteiger partial charge in [-0.3, -0.25) is 14.4 Å². The summed E-state index contributed by atoms with van der Waals surface area (Å²) in [6.45, 7) is 0.233. The molecule has 3 amide bonds. The van der Waals surface area contributed by atoms with Gasteiger partial charge in [0.15, 0.2) is 0 Å². The molecule has 1 saturated carbocycles. The van der Waals surface area contributed by atoms with Crippen LogP contribution in [0.2, 0.25) is 0 Å². The van der Waals surface area contributed by atoms with Crippen LogP contribution in [0.3, 0.4) is 0 Å². The molecule has 2 aromatic rings. The van der Waals surface area contributed by atoms with Gasteiger partial charge in [0.1, 0.15) is 0 Å². The first kappa shape index (κ1) is 17.2. The minimum Gasteiger partial charge on any atom is -0.351 e. The highest BCUT2D eigenvalue weighted by Gasteiger charge is 2.24. The molecule has 130 valence electrons. The van der Waals surface area contributed by atoms with Crippen molar-refractivity contribution in [2.75, 3.05) is 11.9 Å².